The van der Waals surface area contributed by atoms with E-state index in [4.69, 9.17) is 21.4 Å². The fourth-order valence-corrected chi connectivity index (χ4v) is 4.43. The van der Waals surface area contributed by atoms with Gasteiger partial charge in [0.05, 0.1) is 18.0 Å². The summed E-state index contributed by atoms with van der Waals surface area (Å²) in [7, 11) is 0. The van der Waals surface area contributed by atoms with Crippen molar-refractivity contribution in [3.05, 3.63) is 27.7 Å². The monoisotopic (exact) mass is 426 g/mol. The fourth-order valence-electron chi connectivity index (χ4n) is 3.37. The van der Waals surface area contributed by atoms with Crippen LogP contribution in [0.1, 0.15) is 52.7 Å². The predicted molar refractivity (Wildman–Crippen MR) is 107 cm³/mol. The third-order valence-electron chi connectivity index (χ3n) is 4.84. The minimum atomic E-state index is -0.978. The second-order valence-corrected chi connectivity index (χ2v) is 8.00. The van der Waals surface area contributed by atoms with Gasteiger partial charge in [-0.15, -0.1) is 0 Å². The summed E-state index contributed by atoms with van der Waals surface area (Å²) in [5.41, 5.74) is 0.763. The Morgan fingerprint density at radius 2 is 2.25 bits per heavy atom. The van der Waals surface area contributed by atoms with Gasteiger partial charge in [0.15, 0.2) is 21.9 Å². The van der Waals surface area contributed by atoms with E-state index in [0.717, 1.165) is 23.5 Å². The molecule has 0 saturated carbocycles. The molecule has 3 heterocycles. The van der Waals surface area contributed by atoms with Gasteiger partial charge in [0.2, 0.25) is 0 Å². The number of carboxylic acids is 1. The number of halogens is 1. The summed E-state index contributed by atoms with van der Waals surface area (Å²) in [6, 6.07) is 0. The number of carbonyl (C=O) groups excluding carboxylic acids is 1. The van der Waals surface area contributed by atoms with Crippen molar-refractivity contribution in [3.63, 3.8) is 0 Å². The van der Waals surface area contributed by atoms with Crippen LogP contribution in [0.5, 0.6) is 0 Å². The Balaban J connectivity index is 1.68. The average Bonchev–Trinajstić information content (AvgIpc) is 3.30. The molecule has 2 aromatic heterocycles. The molecular weight excluding hydrogens is 404 g/mol. The molecule has 3 rings (SSSR count). The van der Waals surface area contributed by atoms with Crippen molar-refractivity contribution in [2.45, 2.75) is 39.2 Å². The largest absolute Gasteiger partial charge is 0.477 e. The Bertz CT molecular complexity index is 853. The molecule has 10 heteroatoms. The first-order valence-electron chi connectivity index (χ1n) is 9.26. The van der Waals surface area contributed by atoms with E-state index < -0.39 is 5.97 Å². The Morgan fingerprint density at radius 1 is 1.46 bits per heavy atom. The molecule has 2 aromatic rings. The van der Waals surface area contributed by atoms with Crippen LogP contribution in [-0.4, -0.2) is 57.6 Å². The fraction of sp³-hybridized carbons (Fsp3) is 0.556. The highest BCUT2D eigenvalue weighted by atomic mass is 35.5. The number of rotatable bonds is 8. The highest BCUT2D eigenvalue weighted by Crippen LogP contribution is 2.31. The number of ketones is 1. The van der Waals surface area contributed by atoms with Gasteiger partial charge in [-0.2, -0.15) is 0 Å². The number of Topliss-reactive ketones (excluding diaryl/α,β-unsaturated/α-hetero) is 1. The molecule has 0 unspecified atom stereocenters. The van der Waals surface area contributed by atoms with E-state index in [2.05, 4.69) is 15.0 Å². The van der Waals surface area contributed by atoms with Crippen LogP contribution >= 0.6 is 22.9 Å². The number of aryl methyl sites for hydroxylation is 1. The van der Waals surface area contributed by atoms with Gasteiger partial charge in [0.25, 0.3) is 0 Å². The van der Waals surface area contributed by atoms with Gasteiger partial charge in [-0.25, -0.2) is 14.8 Å². The number of thiazole rings is 1. The number of ether oxygens (including phenoxy) is 1. The molecule has 0 aromatic carbocycles. The summed E-state index contributed by atoms with van der Waals surface area (Å²) in [5, 5.41) is 10.1. The third kappa shape index (κ3) is 4.53. The molecule has 1 aliphatic rings. The Kier molecular flexibility index (Phi) is 6.69. The lowest BCUT2D eigenvalue weighted by atomic mass is 9.89. The number of piperidine rings is 1. The van der Waals surface area contributed by atoms with E-state index in [0.29, 0.717) is 48.6 Å². The molecular formula is C18H23ClN4O4S. The zero-order valence-electron chi connectivity index (χ0n) is 15.8. The van der Waals surface area contributed by atoms with Crippen LogP contribution in [-0.2, 0) is 11.2 Å². The summed E-state index contributed by atoms with van der Waals surface area (Å²) in [4.78, 5) is 37.4. The zero-order valence-corrected chi connectivity index (χ0v) is 17.3. The van der Waals surface area contributed by atoms with E-state index >= 15 is 0 Å². The maximum atomic E-state index is 12.7. The first-order chi connectivity index (χ1) is 13.4. The van der Waals surface area contributed by atoms with Crippen molar-refractivity contribution >= 4 is 39.8 Å². The van der Waals surface area contributed by atoms with Gasteiger partial charge in [0, 0.05) is 26.1 Å². The second-order valence-electron chi connectivity index (χ2n) is 6.64. The van der Waals surface area contributed by atoms with Crippen molar-refractivity contribution in [3.8, 4) is 0 Å². The lowest BCUT2D eigenvalue weighted by molar-refractivity contribution is 0.0102. The summed E-state index contributed by atoms with van der Waals surface area (Å²) < 4.78 is 5.90. The highest BCUT2D eigenvalue weighted by Gasteiger charge is 2.33. The van der Waals surface area contributed by atoms with Crippen molar-refractivity contribution < 1.29 is 19.4 Å². The number of H-pyrrole nitrogens is 1. The number of aromatic carboxylic acids is 1. The first-order valence-corrected chi connectivity index (χ1v) is 10.5. The number of aromatic nitrogens is 3. The summed E-state index contributed by atoms with van der Waals surface area (Å²) in [5.74, 6) is -0.705. The molecule has 0 spiro atoms. The molecule has 1 fully saturated rings. The molecule has 0 radical (unpaired) electrons. The number of anilines is 1. The van der Waals surface area contributed by atoms with Crippen molar-refractivity contribution in [2.24, 2.45) is 5.92 Å². The SMILES string of the molecule is CCO[C@H]1CN(c2ncc(C(=O)O)s2)CC[C@H]1CC(=O)c1nc(Cl)c(CC)[nH]1. The van der Waals surface area contributed by atoms with Crippen LogP contribution in [0.3, 0.4) is 0 Å². The number of nitrogens with zero attached hydrogens (tertiary/aromatic N) is 3. The molecule has 2 N–H and O–H groups in total. The normalized spacial score (nSPS) is 19.8. The number of carbonyl (C=O) groups is 2. The summed E-state index contributed by atoms with van der Waals surface area (Å²) in [6.45, 7) is 5.66. The highest BCUT2D eigenvalue weighted by molar-refractivity contribution is 7.17. The first kappa shape index (κ1) is 20.8. The van der Waals surface area contributed by atoms with E-state index in [1.54, 1.807) is 0 Å². The Morgan fingerprint density at radius 3 is 2.86 bits per heavy atom. The zero-order chi connectivity index (χ0) is 20.3. The second kappa shape index (κ2) is 9.02. The van der Waals surface area contributed by atoms with E-state index in [1.165, 1.54) is 6.20 Å². The molecule has 8 nitrogen and oxygen atoms in total. The molecule has 1 aliphatic heterocycles. The van der Waals surface area contributed by atoms with E-state index in [9.17, 15) is 9.59 Å². The van der Waals surface area contributed by atoms with E-state index in [1.807, 2.05) is 18.7 Å². The number of hydrogen-bond acceptors (Lipinski definition) is 7. The lowest BCUT2D eigenvalue weighted by Crippen LogP contribution is -2.46. The van der Waals surface area contributed by atoms with Gasteiger partial charge < -0.3 is 19.7 Å². The minimum Gasteiger partial charge on any atom is -0.477 e. The summed E-state index contributed by atoms with van der Waals surface area (Å²) >= 11 is 7.20. The molecule has 2 atom stereocenters. The van der Waals surface area contributed by atoms with Crippen LogP contribution in [0.2, 0.25) is 5.15 Å². The van der Waals surface area contributed by atoms with Crippen LogP contribution in [0.25, 0.3) is 0 Å². The lowest BCUT2D eigenvalue weighted by Gasteiger charge is -2.37. The third-order valence-corrected chi connectivity index (χ3v) is 6.20. The van der Waals surface area contributed by atoms with Crippen LogP contribution in [0.15, 0.2) is 6.20 Å². The molecule has 0 bridgehead atoms. The maximum Gasteiger partial charge on any atom is 0.347 e. The van der Waals surface area contributed by atoms with E-state index in [-0.39, 0.29) is 22.7 Å². The molecule has 0 aliphatic carbocycles. The van der Waals surface area contributed by atoms with Gasteiger partial charge in [-0.1, -0.05) is 29.9 Å². The molecule has 1 saturated heterocycles. The smallest absolute Gasteiger partial charge is 0.347 e. The van der Waals surface area contributed by atoms with Gasteiger partial charge in [-0.3, -0.25) is 4.79 Å². The topological polar surface area (TPSA) is 108 Å². The van der Waals surface area contributed by atoms with Gasteiger partial charge in [0.1, 0.15) is 4.88 Å². The average molecular weight is 427 g/mol. The molecule has 0 amide bonds. The maximum absolute atomic E-state index is 12.7. The quantitative estimate of drug-likeness (QED) is 0.623. The standard InChI is InChI=1S/C18H23ClN4O4S/c1-3-11-15(19)22-16(21-11)12(24)7-10-5-6-23(9-13(10)27-4-2)18-20-8-14(28-18)17(25)26/h8,10,13H,3-7,9H2,1-2H3,(H,21,22)(H,25,26)/t10-,13-/m0/s1. The number of carboxylic acid groups (broad SMARTS) is 1. The number of hydrogen-bond donors (Lipinski definition) is 2. The number of nitrogens with one attached hydrogen (secondary N) is 1. The van der Waals surface area contributed by atoms with Crippen LogP contribution < -0.4 is 4.90 Å². The Hall–Kier alpha value is -1.97. The van der Waals surface area contributed by atoms with Gasteiger partial charge in [-0.05, 0) is 25.7 Å². The van der Waals surface area contributed by atoms with Crippen molar-refractivity contribution in [2.75, 3.05) is 24.6 Å². The number of aromatic amines is 1. The van der Waals surface area contributed by atoms with Crippen LogP contribution in [0, 0.1) is 5.92 Å². The minimum absolute atomic E-state index is 0.0524. The van der Waals surface area contributed by atoms with Gasteiger partial charge >= 0.3 is 5.97 Å². The predicted octanol–water partition coefficient (Wildman–Crippen LogP) is 3.28. The summed E-state index contributed by atoms with van der Waals surface area (Å²) in [6.07, 6.45) is 2.98. The number of imidazole rings is 1. The van der Waals surface area contributed by atoms with Crippen molar-refractivity contribution in [1.82, 2.24) is 15.0 Å². The molecule has 152 valence electrons. The van der Waals surface area contributed by atoms with Crippen molar-refractivity contribution in [1.29, 1.82) is 0 Å². The molecule has 28 heavy (non-hydrogen) atoms. The Labute approximate surface area is 171 Å². The van der Waals surface area contributed by atoms with Crippen LogP contribution in [0.4, 0.5) is 5.13 Å².